The first-order valence-corrected chi connectivity index (χ1v) is 18.2. The molecule has 2 fully saturated rings. The van der Waals surface area contributed by atoms with Gasteiger partial charge in [-0.05, 0) is 43.9 Å². The number of ketones is 4. The molecule has 1 saturated carbocycles. The Bertz CT molecular complexity index is 2060. The summed E-state index contributed by atoms with van der Waals surface area (Å²) in [6.07, 6.45) is -1.29. The van der Waals surface area contributed by atoms with Crippen molar-refractivity contribution in [3.8, 4) is 11.5 Å². The highest BCUT2D eigenvalue weighted by Gasteiger charge is 2.72. The summed E-state index contributed by atoms with van der Waals surface area (Å²) >= 11 is 0. The maximum atomic E-state index is 14.8. The predicted molar refractivity (Wildman–Crippen MR) is 189 cm³/mol. The lowest BCUT2D eigenvalue weighted by Gasteiger charge is -2.53. The number of Topliss-reactive ketones (excluding diaryl/α,β-unsaturated/α-hetero) is 3. The van der Waals surface area contributed by atoms with E-state index in [0.29, 0.717) is 0 Å². The minimum atomic E-state index is -3.22. The maximum absolute atomic E-state index is 14.8. The van der Waals surface area contributed by atoms with E-state index < -0.39 is 135 Å². The van der Waals surface area contributed by atoms with Gasteiger partial charge in [0, 0.05) is 49.4 Å². The van der Waals surface area contributed by atoms with Crippen molar-refractivity contribution in [2.75, 3.05) is 20.8 Å². The van der Waals surface area contributed by atoms with Gasteiger partial charge in [-0.25, -0.2) is 0 Å². The molecular formula is C39H44N2O14. The number of fused-ring (bicyclic) bond motifs is 5. The second-order valence-corrected chi connectivity index (χ2v) is 15.1. The molecule has 4 aliphatic carbocycles. The van der Waals surface area contributed by atoms with Gasteiger partial charge in [0.2, 0.25) is 17.3 Å². The van der Waals surface area contributed by atoms with Gasteiger partial charge in [0.05, 0.1) is 53.2 Å². The van der Waals surface area contributed by atoms with Gasteiger partial charge < -0.3 is 55.5 Å². The molecule has 1 aliphatic heterocycles. The number of hydrogen-bond donors (Lipinski definition) is 8. The van der Waals surface area contributed by atoms with Gasteiger partial charge in [-0.15, -0.1) is 0 Å². The number of carbonyl (C=O) groups excluding carboxylic acids is 5. The lowest BCUT2D eigenvalue weighted by molar-refractivity contribution is -0.214. The standard InChI is InChI=1S/C39H44N2O14/c1-15-10-17-11-24(44)39(54-4)35(50)27-20(34(49)38(39,52)28(17)32(48)25(15)36(51)40-18-8-6-5-7-9-18)12-19-26(31(27)47)23(43)13-22(29(19)45)41-37-21(14-42)30(46)33(53-3)16(2)55-37/h10,12-13,16,18,21,24,30,33,37,41-42,44,46-48,52H,5-9,11,14H2,1-4H3,(H,40,51)/t16-,21+,24+,30-,33-,37?,38-,39+/m0/s1. The molecule has 8 N–H and O–H groups in total. The van der Waals surface area contributed by atoms with Crippen molar-refractivity contribution in [3.05, 3.63) is 68.4 Å². The topological polar surface area (TPSA) is 258 Å². The van der Waals surface area contributed by atoms with E-state index in [1.165, 1.54) is 20.1 Å². The summed E-state index contributed by atoms with van der Waals surface area (Å²) in [6, 6.07) is 2.11. The maximum Gasteiger partial charge on any atom is 0.255 e. The van der Waals surface area contributed by atoms with Gasteiger partial charge in [-0.3, -0.25) is 24.0 Å². The molecule has 1 saturated heterocycles. The molecule has 1 amide bonds. The number of aliphatic hydroxyl groups excluding tert-OH is 3. The van der Waals surface area contributed by atoms with Crippen LogP contribution in [0.4, 0.5) is 0 Å². The highest BCUT2D eigenvalue weighted by atomic mass is 16.6. The van der Waals surface area contributed by atoms with Crippen molar-refractivity contribution in [1.82, 2.24) is 10.6 Å². The fourth-order valence-corrected chi connectivity index (χ4v) is 9.33. The third kappa shape index (κ3) is 5.41. The average molecular weight is 765 g/mol. The minimum absolute atomic E-state index is 0.0393. The quantitative estimate of drug-likeness (QED) is 0.192. The highest BCUT2D eigenvalue weighted by Crippen LogP contribution is 2.56. The van der Waals surface area contributed by atoms with E-state index in [2.05, 4.69) is 10.6 Å². The van der Waals surface area contributed by atoms with E-state index in [9.17, 15) is 54.6 Å². The molecule has 55 heavy (non-hydrogen) atoms. The van der Waals surface area contributed by atoms with Gasteiger partial charge in [0.25, 0.3) is 5.91 Å². The fourth-order valence-electron chi connectivity index (χ4n) is 9.33. The first-order chi connectivity index (χ1) is 26.1. The number of carbonyl (C=O) groups is 5. The van der Waals surface area contributed by atoms with Crippen molar-refractivity contribution in [2.45, 2.75) is 100 Å². The molecule has 294 valence electrons. The smallest absolute Gasteiger partial charge is 0.255 e. The molecule has 16 nitrogen and oxygen atoms in total. The molecule has 0 radical (unpaired) electrons. The van der Waals surface area contributed by atoms with Crippen LogP contribution in [0.3, 0.4) is 0 Å². The molecule has 2 aromatic carbocycles. The molecule has 5 aliphatic rings. The largest absolute Gasteiger partial charge is 0.507 e. The average Bonchev–Trinajstić information content (AvgIpc) is 3.13. The number of rotatable bonds is 7. The fraction of sp³-hybridized carbons (Fsp3) is 0.513. The molecule has 1 unspecified atom stereocenters. The monoisotopic (exact) mass is 764 g/mol. The van der Waals surface area contributed by atoms with Gasteiger partial charge in [-0.2, -0.15) is 0 Å². The minimum Gasteiger partial charge on any atom is -0.507 e. The van der Waals surface area contributed by atoms with E-state index in [-0.39, 0.29) is 22.7 Å². The van der Waals surface area contributed by atoms with Crippen LogP contribution in [0.15, 0.2) is 23.9 Å². The summed E-state index contributed by atoms with van der Waals surface area (Å²) in [7, 11) is 2.30. The Morgan fingerprint density at radius 2 is 1.67 bits per heavy atom. The number of aromatic hydroxyl groups is 2. The normalized spacial score (nSPS) is 31.9. The number of phenols is 2. The zero-order valence-electron chi connectivity index (χ0n) is 30.7. The number of aliphatic hydroxyl groups is 4. The lowest BCUT2D eigenvalue weighted by Crippen LogP contribution is -2.73. The molecule has 0 spiro atoms. The Kier molecular flexibility index (Phi) is 9.77. The summed E-state index contributed by atoms with van der Waals surface area (Å²) in [6.45, 7) is 2.53. The molecule has 0 aromatic heterocycles. The number of aryl methyl sites for hydroxylation is 1. The first kappa shape index (κ1) is 38.7. The number of hydrogen-bond acceptors (Lipinski definition) is 15. The molecule has 16 heteroatoms. The van der Waals surface area contributed by atoms with Gasteiger partial charge in [0.15, 0.2) is 17.0 Å². The summed E-state index contributed by atoms with van der Waals surface area (Å²) in [4.78, 5) is 70.8. The van der Waals surface area contributed by atoms with Crippen LogP contribution in [-0.2, 0) is 26.2 Å². The SMILES string of the molecule is CO[C@@H]1[C@@H](O)[C@@H](CO)C(NC2=CC(=O)c3c(cc4c(c3O)C(=O)[C@]3(OC)[C@H](O)Cc5cc(C)c(C(=O)NC6CCCCC6)c(O)c5[C@]3(O)C4=O)C2=O)O[C@H]1C. The van der Waals surface area contributed by atoms with E-state index in [0.717, 1.165) is 51.4 Å². The van der Waals surface area contributed by atoms with Crippen LogP contribution in [0.2, 0.25) is 0 Å². The Morgan fingerprint density at radius 1 is 0.982 bits per heavy atom. The van der Waals surface area contributed by atoms with Crippen LogP contribution in [0.5, 0.6) is 11.5 Å². The molecule has 8 atom stereocenters. The molecule has 0 bridgehead atoms. The first-order valence-electron chi connectivity index (χ1n) is 18.2. The summed E-state index contributed by atoms with van der Waals surface area (Å²) in [5.41, 5.74) is -9.72. The van der Waals surface area contributed by atoms with Gasteiger partial charge in [0.1, 0.15) is 23.8 Å². The number of ether oxygens (including phenoxy) is 3. The Labute approximate surface area is 315 Å². The summed E-state index contributed by atoms with van der Waals surface area (Å²) < 4.78 is 16.7. The second kappa shape index (κ2) is 13.9. The zero-order chi connectivity index (χ0) is 39.9. The Balaban J connectivity index is 1.34. The molecule has 1 heterocycles. The van der Waals surface area contributed by atoms with Crippen LogP contribution in [0, 0.1) is 12.8 Å². The number of allylic oxidation sites excluding steroid dienone is 2. The third-order valence-electron chi connectivity index (χ3n) is 12.1. The third-order valence-corrected chi connectivity index (χ3v) is 12.1. The van der Waals surface area contributed by atoms with E-state index in [1.807, 2.05) is 0 Å². The summed E-state index contributed by atoms with van der Waals surface area (Å²) in [5.74, 6) is -8.21. The van der Waals surface area contributed by atoms with Crippen molar-refractivity contribution in [3.63, 3.8) is 0 Å². The van der Waals surface area contributed by atoms with E-state index >= 15 is 0 Å². The van der Waals surface area contributed by atoms with Crippen molar-refractivity contribution >= 4 is 29.0 Å². The van der Waals surface area contributed by atoms with Crippen molar-refractivity contribution < 1.29 is 68.8 Å². The molecule has 7 rings (SSSR count). The number of amides is 1. The Morgan fingerprint density at radius 3 is 2.31 bits per heavy atom. The summed E-state index contributed by atoms with van der Waals surface area (Å²) in [5, 5.41) is 74.3. The number of phenolic OH excluding ortho intramolecular Hbond substituents is 2. The van der Waals surface area contributed by atoms with Gasteiger partial charge >= 0.3 is 0 Å². The number of benzene rings is 2. The number of methoxy groups -OCH3 is 2. The number of nitrogens with one attached hydrogen (secondary N) is 2. The van der Waals surface area contributed by atoms with Crippen molar-refractivity contribution in [2.24, 2.45) is 5.92 Å². The van der Waals surface area contributed by atoms with E-state index in [4.69, 9.17) is 14.2 Å². The van der Waals surface area contributed by atoms with Crippen LogP contribution < -0.4 is 10.6 Å². The van der Waals surface area contributed by atoms with E-state index in [1.54, 1.807) is 6.92 Å². The Hall–Kier alpha value is -4.55. The second-order valence-electron chi connectivity index (χ2n) is 15.1. The van der Waals surface area contributed by atoms with Crippen LogP contribution in [-0.4, -0.2) is 123 Å². The van der Waals surface area contributed by atoms with Crippen LogP contribution >= 0.6 is 0 Å². The molecular weight excluding hydrogens is 720 g/mol. The van der Waals surface area contributed by atoms with Crippen LogP contribution in [0.1, 0.15) is 108 Å². The van der Waals surface area contributed by atoms with Crippen molar-refractivity contribution in [1.29, 1.82) is 0 Å². The predicted octanol–water partition coefficient (Wildman–Crippen LogP) is 0.619. The van der Waals surface area contributed by atoms with Crippen LogP contribution in [0.25, 0.3) is 0 Å². The zero-order valence-corrected chi connectivity index (χ0v) is 30.7. The lowest BCUT2D eigenvalue weighted by atomic mass is 9.56. The van der Waals surface area contributed by atoms with Gasteiger partial charge in [-0.1, -0.05) is 25.3 Å². The molecule has 2 aromatic rings. The highest BCUT2D eigenvalue weighted by molar-refractivity contribution is 6.31.